The summed E-state index contributed by atoms with van der Waals surface area (Å²) in [4.78, 5) is 12.2. The Morgan fingerprint density at radius 1 is 1.40 bits per heavy atom. The monoisotopic (exact) mass is 280 g/mol. The van der Waals surface area contributed by atoms with Crippen molar-refractivity contribution in [2.45, 2.75) is 45.3 Å². The van der Waals surface area contributed by atoms with Gasteiger partial charge in [-0.3, -0.25) is 0 Å². The van der Waals surface area contributed by atoms with E-state index < -0.39 is 5.79 Å². The normalized spacial score (nSPS) is 25.1. The fraction of sp³-hybridized carbons (Fsp3) is 0.688. The number of hydrogen-bond acceptors (Lipinski definition) is 4. The Bertz CT molecular complexity index is 405. The molecule has 4 nitrogen and oxygen atoms in total. The lowest BCUT2D eigenvalue weighted by Gasteiger charge is -2.22. The fourth-order valence-electron chi connectivity index (χ4n) is 2.88. The van der Waals surface area contributed by atoms with Crippen LogP contribution in [-0.2, 0) is 19.0 Å². The molecule has 1 aliphatic carbocycles. The van der Waals surface area contributed by atoms with Crippen LogP contribution in [0.2, 0.25) is 0 Å². The van der Waals surface area contributed by atoms with E-state index in [9.17, 15) is 4.79 Å². The average Bonchev–Trinajstić information content (AvgIpc) is 3.07. The maximum atomic E-state index is 12.2. The Balaban J connectivity index is 2.13. The van der Waals surface area contributed by atoms with Crippen LogP contribution in [0.5, 0.6) is 0 Å². The highest BCUT2D eigenvalue weighted by atomic mass is 16.7. The molecule has 0 aromatic carbocycles. The third kappa shape index (κ3) is 3.30. The minimum Gasteiger partial charge on any atom is -0.463 e. The van der Waals surface area contributed by atoms with Gasteiger partial charge in [0.2, 0.25) is 0 Å². The Morgan fingerprint density at radius 3 is 2.70 bits per heavy atom. The van der Waals surface area contributed by atoms with Crippen molar-refractivity contribution in [3.8, 4) is 0 Å². The third-order valence-electron chi connectivity index (χ3n) is 4.01. The lowest BCUT2D eigenvalue weighted by Crippen LogP contribution is -2.27. The Kier molecular flexibility index (Phi) is 5.00. The van der Waals surface area contributed by atoms with Gasteiger partial charge in [0.25, 0.3) is 0 Å². The number of ether oxygens (including phenoxy) is 3. The first-order chi connectivity index (χ1) is 9.60. The molecule has 0 radical (unpaired) electrons. The zero-order valence-electron chi connectivity index (χ0n) is 12.4. The average molecular weight is 280 g/mol. The molecule has 2 aliphatic rings. The van der Waals surface area contributed by atoms with Gasteiger partial charge in [-0.05, 0) is 31.8 Å². The molecule has 1 atom stereocenters. The second-order valence-electron chi connectivity index (χ2n) is 5.38. The quantitative estimate of drug-likeness (QED) is 0.441. The minimum absolute atomic E-state index is 0.135. The topological polar surface area (TPSA) is 44.8 Å². The predicted molar refractivity (Wildman–Crippen MR) is 76.1 cm³/mol. The summed E-state index contributed by atoms with van der Waals surface area (Å²) in [6.45, 7) is 9.50. The number of allylic oxidation sites excluding steroid dienone is 2. The van der Waals surface area contributed by atoms with Crippen LogP contribution in [0.15, 0.2) is 23.8 Å². The molecular weight excluding hydrogens is 256 g/mol. The molecule has 1 saturated heterocycles. The first-order valence-electron chi connectivity index (χ1n) is 7.44. The van der Waals surface area contributed by atoms with Crippen molar-refractivity contribution in [1.29, 1.82) is 0 Å². The Hall–Kier alpha value is -1.13. The van der Waals surface area contributed by atoms with E-state index >= 15 is 0 Å². The van der Waals surface area contributed by atoms with Gasteiger partial charge in [0.1, 0.15) is 0 Å². The molecule has 0 amide bonds. The molecule has 1 spiro atoms. The molecule has 112 valence electrons. The van der Waals surface area contributed by atoms with Crippen molar-refractivity contribution in [1.82, 2.24) is 0 Å². The summed E-state index contributed by atoms with van der Waals surface area (Å²) >= 11 is 0. The van der Waals surface area contributed by atoms with Crippen LogP contribution in [0, 0.1) is 5.92 Å². The number of carbonyl (C=O) groups excluding carboxylic acids is 1. The summed E-state index contributed by atoms with van der Waals surface area (Å²) in [5, 5.41) is 0. The minimum atomic E-state index is -0.468. The number of hydrogen-bond donors (Lipinski definition) is 0. The number of rotatable bonds is 5. The molecule has 20 heavy (non-hydrogen) atoms. The Labute approximate surface area is 120 Å². The maximum absolute atomic E-state index is 12.2. The summed E-state index contributed by atoms with van der Waals surface area (Å²) in [5.74, 6) is -0.568. The van der Waals surface area contributed by atoms with E-state index in [0.29, 0.717) is 19.8 Å². The fourth-order valence-corrected chi connectivity index (χ4v) is 2.88. The van der Waals surface area contributed by atoms with Gasteiger partial charge in [-0.15, -0.1) is 0 Å². The van der Waals surface area contributed by atoms with Gasteiger partial charge >= 0.3 is 5.97 Å². The maximum Gasteiger partial charge on any atom is 0.334 e. The van der Waals surface area contributed by atoms with Crippen molar-refractivity contribution in [3.05, 3.63) is 23.8 Å². The smallest absolute Gasteiger partial charge is 0.334 e. The highest BCUT2D eigenvalue weighted by Crippen LogP contribution is 2.44. The van der Waals surface area contributed by atoms with Crippen LogP contribution in [0.25, 0.3) is 0 Å². The van der Waals surface area contributed by atoms with Gasteiger partial charge in [-0.1, -0.05) is 19.1 Å². The highest BCUT2D eigenvalue weighted by molar-refractivity contribution is 5.89. The summed E-state index contributed by atoms with van der Waals surface area (Å²) in [6.07, 6.45) is 5.17. The van der Waals surface area contributed by atoms with Crippen LogP contribution >= 0.6 is 0 Å². The molecule has 4 heteroatoms. The van der Waals surface area contributed by atoms with E-state index in [1.807, 2.05) is 19.9 Å². The van der Waals surface area contributed by atoms with E-state index in [2.05, 4.69) is 6.58 Å². The van der Waals surface area contributed by atoms with E-state index in [4.69, 9.17) is 14.2 Å². The molecular formula is C16H24O4. The van der Waals surface area contributed by atoms with Crippen molar-refractivity contribution < 1.29 is 19.0 Å². The van der Waals surface area contributed by atoms with Crippen molar-refractivity contribution in [3.63, 3.8) is 0 Å². The van der Waals surface area contributed by atoms with Gasteiger partial charge in [0, 0.05) is 18.4 Å². The van der Waals surface area contributed by atoms with Gasteiger partial charge in [0.15, 0.2) is 5.79 Å². The number of carbonyl (C=O) groups is 1. The summed E-state index contributed by atoms with van der Waals surface area (Å²) < 4.78 is 16.6. The molecule has 0 bridgehead atoms. The molecule has 0 aromatic rings. The molecule has 2 rings (SSSR count). The summed E-state index contributed by atoms with van der Waals surface area (Å²) in [7, 11) is 0. The zero-order valence-corrected chi connectivity index (χ0v) is 12.4. The molecule has 0 unspecified atom stereocenters. The standard InChI is InChI=1S/C16H24O4/c1-4-12(3)10-14(15(17)18-5-2)13-6-7-16(11-13)19-8-9-20-16/h10,13H,3-9,11H2,1-2H3/b14-10+/t13-/m0/s1. The lowest BCUT2D eigenvalue weighted by atomic mass is 9.94. The lowest BCUT2D eigenvalue weighted by molar-refractivity contribution is -0.152. The largest absolute Gasteiger partial charge is 0.463 e. The van der Waals surface area contributed by atoms with Crippen LogP contribution < -0.4 is 0 Å². The highest BCUT2D eigenvalue weighted by Gasteiger charge is 2.46. The molecule has 1 saturated carbocycles. The number of esters is 1. The van der Waals surface area contributed by atoms with Crippen LogP contribution in [0.4, 0.5) is 0 Å². The van der Waals surface area contributed by atoms with Gasteiger partial charge in [0.05, 0.1) is 19.8 Å². The van der Waals surface area contributed by atoms with Crippen LogP contribution in [0.1, 0.15) is 39.5 Å². The van der Waals surface area contributed by atoms with Gasteiger partial charge in [-0.2, -0.15) is 0 Å². The zero-order chi connectivity index (χ0) is 14.6. The van der Waals surface area contributed by atoms with Crippen molar-refractivity contribution >= 4 is 5.97 Å². The first kappa shape index (κ1) is 15.3. The second-order valence-corrected chi connectivity index (χ2v) is 5.38. The molecule has 2 fully saturated rings. The van der Waals surface area contributed by atoms with E-state index in [-0.39, 0.29) is 11.9 Å². The predicted octanol–water partition coefficient (Wildman–Crippen LogP) is 2.99. The molecule has 0 aromatic heterocycles. The second kappa shape index (κ2) is 6.55. The van der Waals surface area contributed by atoms with Gasteiger partial charge in [-0.25, -0.2) is 4.79 Å². The van der Waals surface area contributed by atoms with Crippen molar-refractivity contribution in [2.24, 2.45) is 5.92 Å². The van der Waals surface area contributed by atoms with Gasteiger partial charge < -0.3 is 14.2 Å². The SMILES string of the molecule is C=C(/C=C(/C(=O)OCC)[C@H]1CCC2(C1)OCCO2)CC. The van der Waals surface area contributed by atoms with Crippen LogP contribution in [-0.4, -0.2) is 31.6 Å². The Morgan fingerprint density at radius 2 is 2.10 bits per heavy atom. The summed E-state index contributed by atoms with van der Waals surface area (Å²) in [5.41, 5.74) is 1.66. The molecule has 1 aliphatic heterocycles. The summed E-state index contributed by atoms with van der Waals surface area (Å²) in [6, 6.07) is 0. The molecule has 0 N–H and O–H groups in total. The third-order valence-corrected chi connectivity index (χ3v) is 4.01. The molecule has 1 heterocycles. The van der Waals surface area contributed by atoms with Crippen LogP contribution in [0.3, 0.4) is 0 Å². The first-order valence-corrected chi connectivity index (χ1v) is 7.44. The van der Waals surface area contributed by atoms with Crippen molar-refractivity contribution in [2.75, 3.05) is 19.8 Å². The van der Waals surface area contributed by atoms with E-state index in [1.54, 1.807) is 0 Å². The van der Waals surface area contributed by atoms with E-state index in [1.165, 1.54) is 0 Å². The van der Waals surface area contributed by atoms with E-state index in [0.717, 1.165) is 36.8 Å².